The van der Waals surface area contributed by atoms with Crippen LogP contribution < -0.4 is 0 Å². The quantitative estimate of drug-likeness (QED) is 0.521. The van der Waals surface area contributed by atoms with Crippen LogP contribution >= 0.6 is 7.82 Å². The van der Waals surface area contributed by atoms with Crippen molar-refractivity contribution in [3.8, 4) is 0 Å². The van der Waals surface area contributed by atoms with Gasteiger partial charge in [-0.1, -0.05) is 32.6 Å². The SMILES string of the molecule is CCCC(OP(=O)(O)OCC[N+](C)(C)C)C1CCCCC1. The lowest BCUT2D eigenvalue weighted by atomic mass is 9.84. The van der Waals surface area contributed by atoms with Gasteiger partial charge in [-0.15, -0.1) is 0 Å². The lowest BCUT2D eigenvalue weighted by molar-refractivity contribution is -0.870. The molecule has 0 amide bonds. The molecule has 0 aliphatic heterocycles. The van der Waals surface area contributed by atoms with Gasteiger partial charge < -0.3 is 9.38 Å². The molecule has 1 aliphatic carbocycles. The highest BCUT2D eigenvalue weighted by molar-refractivity contribution is 7.47. The average Bonchev–Trinajstić information content (AvgIpc) is 2.37. The second-order valence-corrected chi connectivity index (χ2v) is 8.55. The molecule has 1 N–H and O–H groups in total. The van der Waals surface area contributed by atoms with Gasteiger partial charge in [0, 0.05) is 0 Å². The van der Waals surface area contributed by atoms with E-state index in [1.165, 1.54) is 19.3 Å². The van der Waals surface area contributed by atoms with Crippen molar-refractivity contribution in [3.05, 3.63) is 0 Å². The molecule has 1 rings (SSSR count). The molecule has 0 radical (unpaired) electrons. The molecule has 0 aromatic carbocycles. The summed E-state index contributed by atoms with van der Waals surface area (Å²) in [5.74, 6) is 0.404. The van der Waals surface area contributed by atoms with Crippen molar-refractivity contribution >= 4 is 7.82 Å². The van der Waals surface area contributed by atoms with Crippen molar-refractivity contribution in [1.82, 2.24) is 0 Å². The summed E-state index contributed by atoms with van der Waals surface area (Å²) in [7, 11) is 2.13. The highest BCUT2D eigenvalue weighted by atomic mass is 31.2. The minimum atomic E-state index is -3.94. The van der Waals surface area contributed by atoms with E-state index in [0.29, 0.717) is 16.9 Å². The highest BCUT2D eigenvalue weighted by Crippen LogP contribution is 2.47. The zero-order valence-electron chi connectivity index (χ0n) is 14.1. The van der Waals surface area contributed by atoms with Crippen LogP contribution in [0, 0.1) is 5.92 Å². The number of quaternary nitrogens is 1. The Morgan fingerprint density at radius 2 is 1.86 bits per heavy atom. The van der Waals surface area contributed by atoms with E-state index in [1.807, 2.05) is 21.1 Å². The van der Waals surface area contributed by atoms with E-state index in [4.69, 9.17) is 9.05 Å². The fourth-order valence-electron chi connectivity index (χ4n) is 2.80. The van der Waals surface area contributed by atoms with Crippen LogP contribution in [0.25, 0.3) is 0 Å². The van der Waals surface area contributed by atoms with Crippen LogP contribution in [0.5, 0.6) is 0 Å². The molecular formula is C15H33NO4P+. The molecule has 126 valence electrons. The summed E-state index contributed by atoms with van der Waals surface area (Å²) in [6.45, 7) is 3.00. The van der Waals surface area contributed by atoms with Crippen molar-refractivity contribution in [3.63, 3.8) is 0 Å². The Morgan fingerprint density at radius 3 is 2.38 bits per heavy atom. The van der Waals surface area contributed by atoms with E-state index >= 15 is 0 Å². The predicted molar refractivity (Wildman–Crippen MR) is 85.0 cm³/mol. The van der Waals surface area contributed by atoms with E-state index in [1.54, 1.807) is 0 Å². The lowest BCUT2D eigenvalue weighted by Gasteiger charge is -2.31. The first-order chi connectivity index (χ1) is 9.73. The Balaban J connectivity index is 2.49. The van der Waals surface area contributed by atoms with E-state index in [-0.39, 0.29) is 12.7 Å². The van der Waals surface area contributed by atoms with E-state index < -0.39 is 7.82 Å². The Hall–Kier alpha value is 0.0700. The van der Waals surface area contributed by atoms with Gasteiger partial charge >= 0.3 is 7.82 Å². The second-order valence-electron chi connectivity index (χ2n) is 7.15. The molecule has 6 heteroatoms. The number of nitrogens with zero attached hydrogens (tertiary/aromatic N) is 1. The summed E-state index contributed by atoms with van der Waals surface area (Å²) >= 11 is 0. The van der Waals surface area contributed by atoms with Crippen LogP contribution in [0.1, 0.15) is 51.9 Å². The standard InChI is InChI=1S/C15H32NO4P/c1-5-9-15(14-10-7-6-8-11-14)20-21(17,18)19-13-12-16(2,3)4/h14-15H,5-13H2,1-4H3/p+1. The second kappa shape index (κ2) is 8.64. The van der Waals surface area contributed by atoms with Crippen LogP contribution in [-0.4, -0.2) is 49.8 Å². The highest BCUT2D eigenvalue weighted by Gasteiger charge is 2.32. The van der Waals surface area contributed by atoms with E-state index in [2.05, 4.69) is 6.92 Å². The van der Waals surface area contributed by atoms with Crippen molar-refractivity contribution in [1.29, 1.82) is 0 Å². The molecule has 0 bridgehead atoms. The molecule has 1 aliphatic rings. The first-order valence-corrected chi connectivity index (χ1v) is 9.69. The minimum absolute atomic E-state index is 0.143. The zero-order chi connectivity index (χ0) is 15.9. The summed E-state index contributed by atoms with van der Waals surface area (Å²) in [6.07, 6.45) is 7.52. The van der Waals surface area contributed by atoms with Gasteiger partial charge in [0.15, 0.2) is 0 Å². The Labute approximate surface area is 129 Å². The monoisotopic (exact) mass is 322 g/mol. The van der Waals surface area contributed by atoms with Gasteiger partial charge in [0.25, 0.3) is 0 Å². The first kappa shape index (κ1) is 19.1. The van der Waals surface area contributed by atoms with Gasteiger partial charge in [-0.25, -0.2) is 4.57 Å². The number of rotatable bonds is 9. The largest absolute Gasteiger partial charge is 0.472 e. The Bertz CT molecular complexity index is 337. The van der Waals surface area contributed by atoms with Crippen molar-refractivity contribution in [2.45, 2.75) is 58.0 Å². The molecular weight excluding hydrogens is 289 g/mol. The summed E-state index contributed by atoms with van der Waals surface area (Å²) in [5.41, 5.74) is 0. The van der Waals surface area contributed by atoms with Gasteiger partial charge in [-0.3, -0.25) is 9.05 Å². The number of phosphoric ester groups is 1. The summed E-state index contributed by atoms with van der Waals surface area (Å²) in [6, 6.07) is 0. The molecule has 0 saturated heterocycles. The van der Waals surface area contributed by atoms with Crippen molar-refractivity contribution in [2.75, 3.05) is 34.3 Å². The zero-order valence-corrected chi connectivity index (χ0v) is 15.0. The molecule has 0 heterocycles. The molecule has 21 heavy (non-hydrogen) atoms. The van der Waals surface area contributed by atoms with E-state index in [9.17, 15) is 9.46 Å². The maximum Gasteiger partial charge on any atom is 0.472 e. The number of hydrogen-bond donors (Lipinski definition) is 1. The topological polar surface area (TPSA) is 55.8 Å². The van der Waals surface area contributed by atoms with Gasteiger partial charge in [0.2, 0.25) is 0 Å². The van der Waals surface area contributed by atoms with Gasteiger partial charge in [-0.2, -0.15) is 0 Å². The maximum absolute atomic E-state index is 12.1. The molecule has 1 saturated carbocycles. The number of phosphoric acid groups is 1. The molecule has 0 aromatic rings. The maximum atomic E-state index is 12.1. The van der Waals surface area contributed by atoms with Crippen molar-refractivity contribution < 1.29 is 23.0 Å². The predicted octanol–water partition coefficient (Wildman–Crippen LogP) is 3.58. The third-order valence-electron chi connectivity index (χ3n) is 4.03. The Kier molecular flexibility index (Phi) is 7.86. The van der Waals surface area contributed by atoms with Gasteiger partial charge in [0.1, 0.15) is 13.2 Å². The summed E-state index contributed by atoms with van der Waals surface area (Å²) < 4.78 is 23.5. The van der Waals surface area contributed by atoms with Crippen LogP contribution in [0.2, 0.25) is 0 Å². The molecule has 2 unspecified atom stereocenters. The molecule has 5 nitrogen and oxygen atoms in total. The van der Waals surface area contributed by atoms with Crippen molar-refractivity contribution in [2.24, 2.45) is 5.92 Å². The number of likely N-dealkylation sites (N-methyl/N-ethyl adjacent to an activating group) is 1. The van der Waals surface area contributed by atoms with Gasteiger partial charge in [-0.05, 0) is 25.2 Å². The van der Waals surface area contributed by atoms with Crippen LogP contribution in [0.4, 0.5) is 0 Å². The molecule has 2 atom stereocenters. The fraction of sp³-hybridized carbons (Fsp3) is 1.00. The summed E-state index contributed by atoms with van der Waals surface area (Å²) in [4.78, 5) is 9.94. The third kappa shape index (κ3) is 8.32. The van der Waals surface area contributed by atoms with Crippen LogP contribution in [-0.2, 0) is 13.6 Å². The molecule has 0 spiro atoms. The smallest absolute Gasteiger partial charge is 0.329 e. The molecule has 0 aromatic heterocycles. The molecule has 1 fully saturated rings. The summed E-state index contributed by atoms with van der Waals surface area (Å²) in [5, 5.41) is 0. The third-order valence-corrected chi connectivity index (χ3v) is 5.08. The first-order valence-electron chi connectivity index (χ1n) is 8.20. The fourth-order valence-corrected chi connectivity index (χ4v) is 3.79. The van der Waals surface area contributed by atoms with Crippen LogP contribution in [0.3, 0.4) is 0 Å². The minimum Gasteiger partial charge on any atom is -0.329 e. The van der Waals surface area contributed by atoms with Gasteiger partial charge in [0.05, 0.1) is 27.2 Å². The lowest BCUT2D eigenvalue weighted by Crippen LogP contribution is -2.37. The normalized spacial score (nSPS) is 22.0. The Morgan fingerprint density at radius 1 is 1.24 bits per heavy atom. The average molecular weight is 322 g/mol. The van der Waals surface area contributed by atoms with Crippen LogP contribution in [0.15, 0.2) is 0 Å². The number of hydrogen-bond acceptors (Lipinski definition) is 3. The van der Waals surface area contributed by atoms with E-state index in [0.717, 1.165) is 25.7 Å².